The van der Waals surface area contributed by atoms with E-state index in [2.05, 4.69) is 80.9 Å². The van der Waals surface area contributed by atoms with Crippen LogP contribution >= 0.6 is 11.9 Å². The van der Waals surface area contributed by atoms with Gasteiger partial charge in [-0.15, -0.1) is 0 Å². The van der Waals surface area contributed by atoms with Crippen LogP contribution in [0.3, 0.4) is 0 Å². The van der Waals surface area contributed by atoms with E-state index in [1.807, 2.05) is 0 Å². The number of nitrogens with two attached hydrogens (primary N) is 1. The molecule has 140 valence electrons. The molecule has 0 spiro atoms. The average Bonchev–Trinajstić information content (AvgIpc) is 2.58. The van der Waals surface area contributed by atoms with E-state index in [4.69, 9.17) is 5.73 Å². The van der Waals surface area contributed by atoms with Crippen molar-refractivity contribution in [2.24, 2.45) is 11.7 Å². The summed E-state index contributed by atoms with van der Waals surface area (Å²) in [6, 6.07) is 13.0. The van der Waals surface area contributed by atoms with Crippen LogP contribution in [0.2, 0.25) is 0 Å². The van der Waals surface area contributed by atoms with Crippen molar-refractivity contribution in [1.82, 2.24) is 4.72 Å². The molecule has 0 aliphatic carbocycles. The second-order valence-corrected chi connectivity index (χ2v) is 7.78. The smallest absolute Gasteiger partial charge is 0.0441 e. The van der Waals surface area contributed by atoms with Crippen molar-refractivity contribution < 1.29 is 0 Å². The molecule has 0 aliphatic rings. The van der Waals surface area contributed by atoms with Crippen LogP contribution in [0.5, 0.6) is 0 Å². The molecule has 25 heavy (non-hydrogen) atoms. The highest BCUT2D eigenvalue weighted by molar-refractivity contribution is 7.97. The normalized spacial score (nSPS) is 10.7. The van der Waals surface area contributed by atoms with E-state index in [1.54, 1.807) is 11.9 Å². The highest BCUT2D eigenvalue weighted by atomic mass is 32.2. The number of nitrogens with zero attached hydrogens (tertiary/aromatic N) is 1. The van der Waals surface area contributed by atoms with Crippen LogP contribution in [0.25, 0.3) is 10.8 Å². The predicted octanol–water partition coefficient (Wildman–Crippen LogP) is 5.29. The van der Waals surface area contributed by atoms with Crippen molar-refractivity contribution in [3.05, 3.63) is 36.4 Å². The SMILES string of the molecule is CC(C)CCN.CCCCNSc1cccc2c(N(C)C)cccc12. The molecule has 0 radical (unpaired) electrons. The topological polar surface area (TPSA) is 41.3 Å². The van der Waals surface area contributed by atoms with Crippen LogP contribution < -0.4 is 15.4 Å². The van der Waals surface area contributed by atoms with Gasteiger partial charge in [0.15, 0.2) is 0 Å². The molecule has 0 bridgehead atoms. The van der Waals surface area contributed by atoms with Crippen LogP contribution in [0, 0.1) is 5.92 Å². The Kier molecular flexibility index (Phi) is 10.6. The summed E-state index contributed by atoms with van der Waals surface area (Å²) < 4.78 is 3.45. The third-order valence-electron chi connectivity index (χ3n) is 3.90. The lowest BCUT2D eigenvalue weighted by atomic mass is 10.1. The summed E-state index contributed by atoms with van der Waals surface area (Å²) in [6.07, 6.45) is 3.61. The number of rotatable bonds is 8. The first-order chi connectivity index (χ1) is 12.0. The predicted molar refractivity (Wildman–Crippen MR) is 116 cm³/mol. The summed E-state index contributed by atoms with van der Waals surface area (Å²) in [5.74, 6) is 0.773. The van der Waals surface area contributed by atoms with Crippen molar-refractivity contribution in [3.8, 4) is 0 Å². The first kappa shape index (κ1) is 21.8. The monoisotopic (exact) mass is 361 g/mol. The fourth-order valence-corrected chi connectivity index (χ4v) is 3.29. The van der Waals surface area contributed by atoms with E-state index in [-0.39, 0.29) is 0 Å². The van der Waals surface area contributed by atoms with Crippen LogP contribution in [-0.4, -0.2) is 27.2 Å². The maximum atomic E-state index is 5.23. The minimum Gasteiger partial charge on any atom is -0.377 e. The highest BCUT2D eigenvalue weighted by Gasteiger charge is 2.06. The number of anilines is 1. The molecule has 0 fully saturated rings. The highest BCUT2D eigenvalue weighted by Crippen LogP contribution is 2.31. The molecule has 0 saturated heterocycles. The quantitative estimate of drug-likeness (QED) is 0.495. The third-order valence-corrected chi connectivity index (χ3v) is 4.82. The summed E-state index contributed by atoms with van der Waals surface area (Å²) in [4.78, 5) is 3.47. The van der Waals surface area contributed by atoms with Crippen molar-refractivity contribution in [1.29, 1.82) is 0 Å². The second kappa shape index (κ2) is 12.2. The first-order valence-corrected chi connectivity index (χ1v) is 10.1. The molecular formula is C21H35N3S. The molecular weight excluding hydrogens is 326 g/mol. The zero-order chi connectivity index (χ0) is 18.7. The van der Waals surface area contributed by atoms with E-state index in [9.17, 15) is 0 Å². The van der Waals surface area contributed by atoms with Gasteiger partial charge in [0.2, 0.25) is 0 Å². The number of hydrogen-bond donors (Lipinski definition) is 2. The molecule has 0 heterocycles. The summed E-state index contributed by atoms with van der Waals surface area (Å²) >= 11 is 1.74. The Morgan fingerprint density at radius 3 is 2.32 bits per heavy atom. The Balaban J connectivity index is 0.000000450. The molecule has 0 atom stereocenters. The van der Waals surface area contributed by atoms with Gasteiger partial charge in [0.1, 0.15) is 0 Å². The summed E-state index contributed by atoms with van der Waals surface area (Å²) in [6.45, 7) is 8.45. The van der Waals surface area contributed by atoms with Gasteiger partial charge in [-0.2, -0.15) is 0 Å². The molecule has 2 aromatic carbocycles. The lowest BCUT2D eigenvalue weighted by molar-refractivity contribution is 0.596. The molecule has 0 amide bonds. The number of nitrogens with one attached hydrogen (secondary N) is 1. The maximum absolute atomic E-state index is 5.23. The van der Waals surface area contributed by atoms with Gasteiger partial charge in [-0.25, -0.2) is 0 Å². The number of benzene rings is 2. The standard InChI is InChI=1S/C16H22N2S.C5H13N/c1-4-5-12-17-19-16-11-7-8-13-14(16)9-6-10-15(13)18(2)3;1-5(2)3-4-6/h6-11,17H,4-5,12H2,1-3H3;5H,3-4,6H2,1-2H3. The summed E-state index contributed by atoms with van der Waals surface area (Å²) in [5, 5.41) is 2.64. The van der Waals surface area contributed by atoms with Crippen LogP contribution in [-0.2, 0) is 0 Å². The van der Waals surface area contributed by atoms with Crippen molar-refractivity contribution >= 4 is 28.4 Å². The minimum absolute atomic E-state index is 0.773. The Labute approximate surface area is 158 Å². The molecule has 0 saturated carbocycles. The number of fused-ring (bicyclic) bond motifs is 1. The van der Waals surface area contributed by atoms with Crippen molar-refractivity contribution in [2.75, 3.05) is 32.1 Å². The largest absolute Gasteiger partial charge is 0.377 e. The van der Waals surface area contributed by atoms with Gasteiger partial charge in [-0.3, -0.25) is 4.72 Å². The van der Waals surface area contributed by atoms with Gasteiger partial charge < -0.3 is 10.6 Å². The zero-order valence-corrected chi connectivity index (χ0v) is 17.3. The van der Waals surface area contributed by atoms with Crippen LogP contribution in [0.1, 0.15) is 40.0 Å². The molecule has 3 nitrogen and oxygen atoms in total. The van der Waals surface area contributed by atoms with Gasteiger partial charge in [0.25, 0.3) is 0 Å². The maximum Gasteiger partial charge on any atom is 0.0441 e. The zero-order valence-electron chi connectivity index (χ0n) is 16.5. The number of hydrogen-bond acceptors (Lipinski definition) is 4. The van der Waals surface area contributed by atoms with Crippen molar-refractivity contribution in [3.63, 3.8) is 0 Å². The fourth-order valence-electron chi connectivity index (χ4n) is 2.45. The Hall–Kier alpha value is -1.23. The van der Waals surface area contributed by atoms with Gasteiger partial charge >= 0.3 is 0 Å². The van der Waals surface area contributed by atoms with E-state index in [0.717, 1.165) is 25.4 Å². The van der Waals surface area contributed by atoms with Crippen LogP contribution in [0.4, 0.5) is 5.69 Å². The lowest BCUT2D eigenvalue weighted by Gasteiger charge is -2.16. The minimum atomic E-state index is 0.773. The summed E-state index contributed by atoms with van der Waals surface area (Å²) in [7, 11) is 4.18. The van der Waals surface area contributed by atoms with Gasteiger partial charge in [-0.1, -0.05) is 51.5 Å². The Morgan fingerprint density at radius 1 is 1.08 bits per heavy atom. The molecule has 0 unspecified atom stereocenters. The number of unbranched alkanes of at least 4 members (excludes halogenated alkanes) is 1. The lowest BCUT2D eigenvalue weighted by Crippen LogP contribution is -2.09. The second-order valence-electron chi connectivity index (χ2n) is 6.84. The van der Waals surface area contributed by atoms with E-state index in [0.29, 0.717) is 0 Å². The fraction of sp³-hybridized carbons (Fsp3) is 0.524. The van der Waals surface area contributed by atoms with Gasteiger partial charge in [-0.05, 0) is 54.8 Å². The molecule has 2 aromatic rings. The van der Waals surface area contributed by atoms with Crippen LogP contribution in [0.15, 0.2) is 41.3 Å². The Morgan fingerprint density at radius 2 is 1.76 bits per heavy atom. The molecule has 0 aromatic heterocycles. The van der Waals surface area contributed by atoms with Crippen molar-refractivity contribution in [2.45, 2.75) is 44.9 Å². The van der Waals surface area contributed by atoms with Gasteiger partial charge in [0, 0.05) is 36.6 Å². The first-order valence-electron chi connectivity index (χ1n) is 9.30. The van der Waals surface area contributed by atoms with E-state index in [1.165, 1.54) is 34.2 Å². The van der Waals surface area contributed by atoms with Gasteiger partial charge in [0.05, 0.1) is 0 Å². The van der Waals surface area contributed by atoms with E-state index >= 15 is 0 Å². The summed E-state index contributed by atoms with van der Waals surface area (Å²) in [5.41, 5.74) is 6.50. The van der Waals surface area contributed by atoms with E-state index < -0.39 is 0 Å². The molecule has 0 aliphatic heterocycles. The Bertz CT molecular complexity index is 611. The third kappa shape index (κ3) is 7.68. The average molecular weight is 362 g/mol. The molecule has 2 rings (SSSR count). The molecule has 4 heteroatoms. The molecule has 3 N–H and O–H groups in total.